The minimum absolute atomic E-state index is 0.0891. The van der Waals surface area contributed by atoms with Crippen molar-refractivity contribution in [3.05, 3.63) is 17.6 Å². The summed E-state index contributed by atoms with van der Waals surface area (Å²) in [5.74, 6) is 1.03. The smallest absolute Gasteiger partial charge is 0.326 e. The van der Waals surface area contributed by atoms with Gasteiger partial charge < -0.3 is 14.9 Å². The normalized spacial score (nSPS) is 22.3. The largest absolute Gasteiger partial charge is 0.480 e. The van der Waals surface area contributed by atoms with Crippen molar-refractivity contribution in [2.24, 2.45) is 5.41 Å². The van der Waals surface area contributed by atoms with Gasteiger partial charge >= 0.3 is 5.97 Å². The number of aliphatic carboxylic acids is 1. The average molecular weight is 360 g/mol. The predicted molar refractivity (Wildman–Crippen MR) is 98.2 cm³/mol. The second kappa shape index (κ2) is 6.85. The first-order valence-electron chi connectivity index (χ1n) is 9.31. The van der Waals surface area contributed by atoms with Crippen molar-refractivity contribution in [2.75, 3.05) is 24.5 Å². The minimum Gasteiger partial charge on any atom is -0.480 e. The van der Waals surface area contributed by atoms with Crippen molar-refractivity contribution in [1.29, 1.82) is 0 Å². The van der Waals surface area contributed by atoms with E-state index in [0.29, 0.717) is 18.9 Å². The van der Waals surface area contributed by atoms with Gasteiger partial charge in [-0.1, -0.05) is 13.8 Å². The lowest BCUT2D eigenvalue weighted by atomic mass is 9.76. The van der Waals surface area contributed by atoms with E-state index < -0.39 is 12.0 Å². The van der Waals surface area contributed by atoms with E-state index in [1.54, 1.807) is 0 Å². The summed E-state index contributed by atoms with van der Waals surface area (Å²) >= 11 is 0. The SMILES string of the molecule is CC(=O)N1CC2(CCN(c3cc(C(C)C)nc(C)n3)CC2)C[C@H]1C(=O)O. The number of rotatable bonds is 3. The molecule has 7 heteroatoms. The lowest BCUT2D eigenvalue weighted by molar-refractivity contribution is -0.147. The number of carbonyl (C=O) groups excluding carboxylic acids is 1. The molecule has 1 amide bonds. The Kier molecular flexibility index (Phi) is 4.90. The third kappa shape index (κ3) is 3.52. The average Bonchev–Trinajstić information content (AvgIpc) is 2.95. The molecule has 142 valence electrons. The number of amides is 1. The van der Waals surface area contributed by atoms with Crippen molar-refractivity contribution in [3.8, 4) is 0 Å². The first-order valence-corrected chi connectivity index (χ1v) is 9.31. The van der Waals surface area contributed by atoms with Crippen molar-refractivity contribution in [3.63, 3.8) is 0 Å². The van der Waals surface area contributed by atoms with E-state index in [0.717, 1.165) is 43.3 Å². The summed E-state index contributed by atoms with van der Waals surface area (Å²) in [4.78, 5) is 36.3. The molecule has 2 fully saturated rings. The molecule has 2 saturated heterocycles. The predicted octanol–water partition coefficient (Wildman–Crippen LogP) is 2.20. The first kappa shape index (κ1) is 18.6. The molecule has 1 aromatic heterocycles. The van der Waals surface area contributed by atoms with Crippen molar-refractivity contribution in [1.82, 2.24) is 14.9 Å². The summed E-state index contributed by atoms with van der Waals surface area (Å²) in [5.41, 5.74) is 0.955. The van der Waals surface area contributed by atoms with Gasteiger partial charge in [0.15, 0.2) is 0 Å². The van der Waals surface area contributed by atoms with Crippen LogP contribution in [0.25, 0.3) is 0 Å². The fraction of sp³-hybridized carbons (Fsp3) is 0.684. The van der Waals surface area contributed by atoms with Crippen LogP contribution in [0.1, 0.15) is 57.5 Å². The molecular weight excluding hydrogens is 332 g/mol. The van der Waals surface area contributed by atoms with Crippen LogP contribution in [0.4, 0.5) is 5.82 Å². The van der Waals surface area contributed by atoms with Gasteiger partial charge in [-0.25, -0.2) is 14.8 Å². The number of carbonyl (C=O) groups is 2. The maximum absolute atomic E-state index is 11.8. The summed E-state index contributed by atoms with van der Waals surface area (Å²) in [6.45, 7) is 9.82. The van der Waals surface area contributed by atoms with Gasteiger partial charge in [-0.3, -0.25) is 4.79 Å². The molecule has 0 bridgehead atoms. The fourth-order valence-corrected chi connectivity index (χ4v) is 4.21. The number of piperidine rings is 1. The van der Waals surface area contributed by atoms with Crippen LogP contribution < -0.4 is 4.90 Å². The van der Waals surface area contributed by atoms with Crippen LogP contribution in [-0.4, -0.2) is 57.5 Å². The summed E-state index contributed by atoms with van der Waals surface area (Å²) in [7, 11) is 0. The zero-order valence-electron chi connectivity index (χ0n) is 16.0. The van der Waals surface area contributed by atoms with E-state index in [4.69, 9.17) is 0 Å². The van der Waals surface area contributed by atoms with Crippen LogP contribution >= 0.6 is 0 Å². The van der Waals surface area contributed by atoms with Gasteiger partial charge in [-0.2, -0.15) is 0 Å². The molecule has 0 saturated carbocycles. The number of anilines is 1. The first-order chi connectivity index (χ1) is 12.2. The zero-order chi connectivity index (χ0) is 19.1. The number of hydrogen-bond donors (Lipinski definition) is 1. The maximum Gasteiger partial charge on any atom is 0.326 e. The summed E-state index contributed by atoms with van der Waals surface area (Å²) in [5, 5.41) is 9.47. The molecule has 1 aromatic rings. The Labute approximate surface area is 154 Å². The fourth-order valence-electron chi connectivity index (χ4n) is 4.21. The van der Waals surface area contributed by atoms with Crippen LogP contribution in [0.15, 0.2) is 6.07 Å². The van der Waals surface area contributed by atoms with Crippen molar-refractivity contribution in [2.45, 2.75) is 58.9 Å². The van der Waals surface area contributed by atoms with E-state index in [9.17, 15) is 14.7 Å². The molecule has 1 N–H and O–H groups in total. The highest BCUT2D eigenvalue weighted by Crippen LogP contribution is 2.44. The number of carboxylic acid groups (broad SMARTS) is 1. The molecule has 2 aliphatic heterocycles. The number of carboxylic acids is 1. The van der Waals surface area contributed by atoms with Gasteiger partial charge in [-0.05, 0) is 37.5 Å². The highest BCUT2D eigenvalue weighted by molar-refractivity contribution is 5.83. The molecule has 3 rings (SSSR count). The van der Waals surface area contributed by atoms with Gasteiger partial charge in [0.2, 0.25) is 5.91 Å². The Morgan fingerprint density at radius 1 is 1.27 bits per heavy atom. The lowest BCUT2D eigenvalue weighted by Crippen LogP contribution is -2.42. The third-order valence-electron chi connectivity index (χ3n) is 5.78. The van der Waals surface area contributed by atoms with Crippen LogP contribution in [0, 0.1) is 12.3 Å². The molecule has 0 aromatic carbocycles. The zero-order valence-corrected chi connectivity index (χ0v) is 16.0. The number of nitrogens with zero attached hydrogens (tertiary/aromatic N) is 4. The highest BCUT2D eigenvalue weighted by atomic mass is 16.4. The standard InChI is InChI=1S/C19H28N4O3/c1-12(2)15-9-17(21-13(3)20-15)22-7-5-19(6-8-22)10-16(18(25)26)23(11-19)14(4)24/h9,12,16H,5-8,10-11H2,1-4H3,(H,25,26)/t16-/m0/s1. The van der Waals surface area contributed by atoms with Crippen molar-refractivity contribution >= 4 is 17.7 Å². The maximum atomic E-state index is 11.8. The molecule has 2 aliphatic rings. The summed E-state index contributed by atoms with van der Waals surface area (Å²) in [6, 6.07) is 1.37. The van der Waals surface area contributed by atoms with Gasteiger partial charge in [0.1, 0.15) is 17.7 Å². The third-order valence-corrected chi connectivity index (χ3v) is 5.78. The quantitative estimate of drug-likeness (QED) is 0.889. The molecule has 0 radical (unpaired) electrons. The second-order valence-electron chi connectivity index (χ2n) is 8.05. The van der Waals surface area contributed by atoms with E-state index >= 15 is 0 Å². The molecule has 26 heavy (non-hydrogen) atoms. The molecule has 3 heterocycles. The topological polar surface area (TPSA) is 86.6 Å². The Bertz CT molecular complexity index is 687. The van der Waals surface area contributed by atoms with E-state index in [1.165, 1.54) is 11.8 Å². The lowest BCUT2D eigenvalue weighted by Gasteiger charge is -2.39. The van der Waals surface area contributed by atoms with Crippen LogP contribution in [0.5, 0.6) is 0 Å². The second-order valence-corrected chi connectivity index (χ2v) is 8.05. The van der Waals surface area contributed by atoms with Gasteiger partial charge in [-0.15, -0.1) is 0 Å². The van der Waals surface area contributed by atoms with Crippen LogP contribution in [0.2, 0.25) is 0 Å². The molecule has 7 nitrogen and oxygen atoms in total. The Morgan fingerprint density at radius 2 is 1.92 bits per heavy atom. The highest BCUT2D eigenvalue weighted by Gasteiger charge is 2.49. The monoisotopic (exact) mass is 360 g/mol. The molecule has 0 unspecified atom stereocenters. The molecular formula is C19H28N4O3. The van der Waals surface area contributed by atoms with Crippen LogP contribution in [-0.2, 0) is 9.59 Å². The number of hydrogen-bond acceptors (Lipinski definition) is 5. The number of likely N-dealkylation sites (tertiary alicyclic amines) is 1. The van der Waals surface area contributed by atoms with Crippen LogP contribution in [0.3, 0.4) is 0 Å². The summed E-state index contributed by atoms with van der Waals surface area (Å²) in [6.07, 6.45) is 2.30. The molecule has 1 spiro atoms. The van der Waals surface area contributed by atoms with Crippen molar-refractivity contribution < 1.29 is 14.7 Å². The van der Waals surface area contributed by atoms with Gasteiger partial charge in [0, 0.05) is 38.3 Å². The molecule has 0 aliphatic carbocycles. The number of aromatic nitrogens is 2. The number of aryl methyl sites for hydroxylation is 1. The minimum atomic E-state index is -0.896. The van der Waals surface area contributed by atoms with E-state index in [2.05, 4.69) is 34.8 Å². The Hall–Kier alpha value is -2.18. The molecule has 1 atom stereocenters. The van der Waals surface area contributed by atoms with Gasteiger partial charge in [0.25, 0.3) is 0 Å². The van der Waals surface area contributed by atoms with E-state index in [-0.39, 0.29) is 11.3 Å². The Morgan fingerprint density at radius 3 is 2.42 bits per heavy atom. The van der Waals surface area contributed by atoms with Gasteiger partial charge in [0.05, 0.1) is 0 Å². The summed E-state index contributed by atoms with van der Waals surface area (Å²) < 4.78 is 0. The Balaban J connectivity index is 1.74. The van der Waals surface area contributed by atoms with E-state index in [1.807, 2.05) is 6.92 Å².